The summed E-state index contributed by atoms with van der Waals surface area (Å²) in [5.41, 5.74) is 1.51. The van der Waals surface area contributed by atoms with Gasteiger partial charge < -0.3 is 5.43 Å². The lowest BCUT2D eigenvalue weighted by molar-refractivity contribution is -0.386. The molecule has 20 heavy (non-hydrogen) atoms. The molecule has 0 spiro atoms. The predicted octanol–water partition coefficient (Wildman–Crippen LogP) is 0.959. The lowest BCUT2D eigenvalue weighted by atomic mass is 10.2. The fraction of sp³-hybridized carbons (Fsp3) is 0.455. The van der Waals surface area contributed by atoms with Crippen molar-refractivity contribution in [2.24, 2.45) is 11.3 Å². The lowest BCUT2D eigenvalue weighted by Crippen LogP contribution is -2.29. The summed E-state index contributed by atoms with van der Waals surface area (Å²) >= 11 is 0. The molecule has 0 amide bonds. The summed E-state index contributed by atoms with van der Waals surface area (Å²) in [4.78, 5) is 9.93. The first kappa shape index (κ1) is 14.7. The van der Waals surface area contributed by atoms with E-state index in [1.54, 1.807) is 0 Å². The maximum atomic E-state index is 12.2. The number of nitrogen functional groups attached to an aromatic ring is 1. The van der Waals surface area contributed by atoms with Crippen LogP contribution >= 0.6 is 0 Å². The van der Waals surface area contributed by atoms with E-state index in [9.17, 15) is 18.5 Å². The standard InChI is InChI=1S/C11H16N4O4S/c1-11(5-6-11)7-13-20(18,19)9-4-2-3-8(14-12)10(9)15(16)17/h2-4,13-14H,5-7,12H2,1H3. The predicted molar refractivity (Wildman–Crippen MR) is 73.4 cm³/mol. The molecule has 0 bridgehead atoms. The summed E-state index contributed by atoms with van der Waals surface area (Å²) in [6.45, 7) is 2.23. The molecule has 2 rings (SSSR count). The van der Waals surface area contributed by atoms with Crippen LogP contribution in [0.15, 0.2) is 23.1 Å². The van der Waals surface area contributed by atoms with Crippen LogP contribution in [0.3, 0.4) is 0 Å². The zero-order valence-electron chi connectivity index (χ0n) is 10.9. The molecule has 0 saturated heterocycles. The van der Waals surface area contributed by atoms with E-state index in [1.807, 2.05) is 6.92 Å². The molecule has 0 atom stereocenters. The Morgan fingerprint density at radius 2 is 2.10 bits per heavy atom. The van der Waals surface area contributed by atoms with Crippen molar-refractivity contribution in [3.05, 3.63) is 28.3 Å². The number of sulfonamides is 1. The molecule has 0 aromatic heterocycles. The number of anilines is 1. The van der Waals surface area contributed by atoms with Crippen molar-refractivity contribution in [2.75, 3.05) is 12.0 Å². The van der Waals surface area contributed by atoms with Crippen LogP contribution in [0.5, 0.6) is 0 Å². The molecule has 0 radical (unpaired) electrons. The Kier molecular flexibility index (Phi) is 3.67. The van der Waals surface area contributed by atoms with Gasteiger partial charge in [-0.3, -0.25) is 16.0 Å². The first-order valence-corrected chi connectivity index (χ1v) is 7.51. The molecule has 1 aromatic rings. The number of nitro benzene ring substituents is 1. The molecule has 9 heteroatoms. The third-order valence-corrected chi connectivity index (χ3v) is 4.85. The number of hydrazine groups is 1. The van der Waals surface area contributed by atoms with Gasteiger partial charge >= 0.3 is 5.69 Å². The average molecular weight is 300 g/mol. The van der Waals surface area contributed by atoms with Crippen LogP contribution in [0.2, 0.25) is 0 Å². The molecule has 1 fully saturated rings. The minimum Gasteiger partial charge on any atom is -0.318 e. The van der Waals surface area contributed by atoms with E-state index in [1.165, 1.54) is 18.2 Å². The number of nitrogens with two attached hydrogens (primary N) is 1. The summed E-state index contributed by atoms with van der Waals surface area (Å²) < 4.78 is 26.9. The van der Waals surface area contributed by atoms with Crippen LogP contribution in [-0.2, 0) is 10.0 Å². The smallest absolute Gasteiger partial charge is 0.313 e. The third kappa shape index (κ3) is 2.89. The van der Waals surface area contributed by atoms with Gasteiger partial charge in [-0.2, -0.15) is 0 Å². The van der Waals surface area contributed by atoms with Crippen LogP contribution < -0.4 is 16.0 Å². The van der Waals surface area contributed by atoms with Crippen molar-refractivity contribution in [2.45, 2.75) is 24.7 Å². The molecule has 0 unspecified atom stereocenters. The van der Waals surface area contributed by atoms with Gasteiger partial charge in [-0.1, -0.05) is 13.0 Å². The second-order valence-electron chi connectivity index (χ2n) is 5.19. The van der Waals surface area contributed by atoms with E-state index in [4.69, 9.17) is 5.84 Å². The first-order valence-electron chi connectivity index (χ1n) is 6.03. The summed E-state index contributed by atoms with van der Waals surface area (Å²) in [5, 5.41) is 11.1. The van der Waals surface area contributed by atoms with Crippen molar-refractivity contribution in [1.29, 1.82) is 0 Å². The fourth-order valence-electron chi connectivity index (χ4n) is 1.78. The minimum atomic E-state index is -3.95. The second kappa shape index (κ2) is 5.00. The van der Waals surface area contributed by atoms with E-state index in [-0.39, 0.29) is 22.5 Å². The second-order valence-corrected chi connectivity index (χ2v) is 6.92. The van der Waals surface area contributed by atoms with Crippen molar-refractivity contribution in [1.82, 2.24) is 4.72 Å². The molecular formula is C11H16N4O4S. The number of hydrogen-bond donors (Lipinski definition) is 3. The molecule has 1 aliphatic carbocycles. The van der Waals surface area contributed by atoms with Crippen molar-refractivity contribution >= 4 is 21.4 Å². The highest BCUT2D eigenvalue weighted by atomic mass is 32.2. The van der Waals surface area contributed by atoms with Crippen LogP contribution in [0, 0.1) is 15.5 Å². The number of nitrogens with one attached hydrogen (secondary N) is 2. The van der Waals surface area contributed by atoms with Gasteiger partial charge in [0.25, 0.3) is 0 Å². The molecule has 4 N–H and O–H groups in total. The summed E-state index contributed by atoms with van der Waals surface area (Å²) in [6, 6.07) is 3.94. The minimum absolute atomic E-state index is 0.0361. The van der Waals surface area contributed by atoms with Crippen LogP contribution in [-0.4, -0.2) is 19.9 Å². The van der Waals surface area contributed by atoms with Crippen molar-refractivity contribution in [3.8, 4) is 0 Å². The van der Waals surface area contributed by atoms with Gasteiger partial charge in [0, 0.05) is 6.54 Å². The van der Waals surface area contributed by atoms with Gasteiger partial charge in [0.1, 0.15) is 5.69 Å². The van der Waals surface area contributed by atoms with Crippen molar-refractivity contribution in [3.63, 3.8) is 0 Å². The zero-order chi connectivity index (χ0) is 15.0. The molecule has 110 valence electrons. The van der Waals surface area contributed by atoms with E-state index >= 15 is 0 Å². The SMILES string of the molecule is CC1(CNS(=O)(=O)c2cccc(NN)c2[N+](=O)[O-])CC1. The zero-order valence-corrected chi connectivity index (χ0v) is 11.7. The molecule has 1 saturated carbocycles. The Morgan fingerprint density at radius 3 is 2.60 bits per heavy atom. The lowest BCUT2D eigenvalue weighted by Gasteiger charge is -2.12. The van der Waals surface area contributed by atoms with E-state index in [0.717, 1.165) is 12.8 Å². The van der Waals surface area contributed by atoms with E-state index in [0.29, 0.717) is 0 Å². The van der Waals surface area contributed by atoms with E-state index in [2.05, 4.69) is 10.1 Å². The number of benzene rings is 1. The normalized spacial score (nSPS) is 16.7. The number of nitro groups is 1. The van der Waals surface area contributed by atoms with Gasteiger partial charge in [0.2, 0.25) is 10.0 Å². The Labute approximate surface area is 116 Å². The molecular weight excluding hydrogens is 284 g/mol. The largest absolute Gasteiger partial charge is 0.318 e. The van der Waals surface area contributed by atoms with Crippen molar-refractivity contribution < 1.29 is 13.3 Å². The van der Waals surface area contributed by atoms with Crippen LogP contribution in [0.4, 0.5) is 11.4 Å². The maximum absolute atomic E-state index is 12.2. The van der Waals surface area contributed by atoms with Gasteiger partial charge in [0.05, 0.1) is 4.92 Å². The summed E-state index contributed by atoms with van der Waals surface area (Å²) in [7, 11) is -3.95. The number of hydrogen-bond acceptors (Lipinski definition) is 6. The topological polar surface area (TPSA) is 127 Å². The quantitative estimate of drug-likeness (QED) is 0.408. The maximum Gasteiger partial charge on any atom is 0.313 e. The van der Waals surface area contributed by atoms with Gasteiger partial charge in [0.15, 0.2) is 4.90 Å². The number of nitrogens with zero attached hydrogens (tertiary/aromatic N) is 1. The van der Waals surface area contributed by atoms with Crippen LogP contribution in [0.25, 0.3) is 0 Å². The summed E-state index contributed by atoms with van der Waals surface area (Å²) in [6.07, 6.45) is 1.89. The molecule has 0 aliphatic heterocycles. The van der Waals surface area contributed by atoms with Gasteiger partial charge in [-0.15, -0.1) is 0 Å². The van der Waals surface area contributed by atoms with Gasteiger partial charge in [-0.25, -0.2) is 13.1 Å². The Balaban J connectivity index is 2.37. The fourth-order valence-corrected chi connectivity index (χ4v) is 3.17. The highest BCUT2D eigenvalue weighted by molar-refractivity contribution is 7.89. The van der Waals surface area contributed by atoms with E-state index < -0.39 is 20.6 Å². The average Bonchev–Trinajstić information content (AvgIpc) is 3.14. The van der Waals surface area contributed by atoms with Gasteiger partial charge in [-0.05, 0) is 30.4 Å². The number of para-hydroxylation sites is 1. The molecule has 1 aromatic carbocycles. The Hall–Kier alpha value is -1.71. The molecule has 8 nitrogen and oxygen atoms in total. The third-order valence-electron chi connectivity index (χ3n) is 3.42. The highest BCUT2D eigenvalue weighted by Gasteiger charge is 2.39. The Morgan fingerprint density at radius 1 is 1.45 bits per heavy atom. The summed E-state index contributed by atoms with van der Waals surface area (Å²) in [5.74, 6) is 5.18. The first-order chi connectivity index (χ1) is 9.29. The Bertz CT molecular complexity index is 640. The highest BCUT2D eigenvalue weighted by Crippen LogP contribution is 2.44. The number of rotatable bonds is 6. The molecule has 0 heterocycles. The van der Waals surface area contributed by atoms with Crippen LogP contribution in [0.1, 0.15) is 19.8 Å². The molecule has 1 aliphatic rings. The monoisotopic (exact) mass is 300 g/mol.